The molecule has 0 aliphatic carbocycles. The zero-order chi connectivity index (χ0) is 26.3. The summed E-state index contributed by atoms with van der Waals surface area (Å²) in [7, 11) is 0. The van der Waals surface area contributed by atoms with E-state index in [1.54, 1.807) is 24.5 Å². The van der Waals surface area contributed by atoms with E-state index in [-0.39, 0.29) is 11.3 Å². The summed E-state index contributed by atoms with van der Waals surface area (Å²) in [6.45, 7) is 5.36. The van der Waals surface area contributed by atoms with Gasteiger partial charge in [-0.1, -0.05) is 78.1 Å². The summed E-state index contributed by atoms with van der Waals surface area (Å²) in [4.78, 5) is 7.39. The first kappa shape index (κ1) is 28.7. The number of hydrogen-bond acceptors (Lipinski definition) is 3. The van der Waals surface area contributed by atoms with Crippen molar-refractivity contribution >= 4 is 0 Å². The van der Waals surface area contributed by atoms with Crippen LogP contribution in [0.2, 0.25) is 0 Å². The highest BCUT2D eigenvalue weighted by molar-refractivity contribution is 5.82. The highest BCUT2D eigenvalue weighted by atomic mass is 19.2. The maximum absolute atomic E-state index is 15.3. The monoisotopic (exact) mass is 512 g/mol. The van der Waals surface area contributed by atoms with Crippen molar-refractivity contribution < 1.29 is 18.3 Å². The summed E-state index contributed by atoms with van der Waals surface area (Å²) < 4.78 is 41.9. The second kappa shape index (κ2) is 16.1. The quantitative estimate of drug-likeness (QED) is 0.173. The van der Waals surface area contributed by atoms with Gasteiger partial charge < -0.3 is 14.5 Å². The Labute approximate surface area is 220 Å². The zero-order valence-electron chi connectivity index (χ0n) is 22.5. The summed E-state index contributed by atoms with van der Waals surface area (Å²) in [6.07, 6.45) is 17.0. The molecule has 37 heavy (non-hydrogen) atoms. The van der Waals surface area contributed by atoms with Crippen LogP contribution < -0.4 is 9.47 Å². The van der Waals surface area contributed by atoms with Crippen molar-refractivity contribution in [1.29, 1.82) is 0 Å². The van der Waals surface area contributed by atoms with E-state index >= 15 is 8.78 Å². The van der Waals surface area contributed by atoms with Gasteiger partial charge in [0.05, 0.1) is 13.2 Å². The smallest absolute Gasteiger partial charge is 0.201 e. The topological polar surface area (TPSA) is 47.1 Å². The van der Waals surface area contributed by atoms with E-state index in [0.717, 1.165) is 32.1 Å². The molecule has 0 fully saturated rings. The Bertz CT molecular complexity index is 1050. The Morgan fingerprint density at radius 2 is 1.30 bits per heavy atom. The Balaban J connectivity index is 1.70. The van der Waals surface area contributed by atoms with Crippen LogP contribution in [0, 0.1) is 11.6 Å². The Morgan fingerprint density at radius 1 is 0.676 bits per heavy atom. The molecule has 202 valence electrons. The molecule has 2 aromatic carbocycles. The molecule has 0 atom stereocenters. The molecule has 0 bridgehead atoms. The minimum atomic E-state index is -0.965. The van der Waals surface area contributed by atoms with Gasteiger partial charge >= 0.3 is 0 Å². The van der Waals surface area contributed by atoms with E-state index in [2.05, 4.69) is 23.8 Å². The van der Waals surface area contributed by atoms with Gasteiger partial charge in [-0.05, 0) is 48.7 Å². The normalized spacial score (nSPS) is 11.1. The lowest BCUT2D eigenvalue weighted by Crippen LogP contribution is -2.02. The summed E-state index contributed by atoms with van der Waals surface area (Å²) >= 11 is 0. The molecule has 0 aliphatic rings. The molecule has 0 amide bonds. The van der Waals surface area contributed by atoms with Gasteiger partial charge in [0, 0.05) is 23.5 Å². The lowest BCUT2D eigenvalue weighted by Gasteiger charge is -2.15. The van der Waals surface area contributed by atoms with Crippen molar-refractivity contribution in [2.75, 3.05) is 13.2 Å². The van der Waals surface area contributed by atoms with E-state index in [4.69, 9.17) is 9.47 Å². The molecule has 0 saturated carbocycles. The Morgan fingerprint density at radius 3 is 1.95 bits per heavy atom. The van der Waals surface area contributed by atoms with Crippen molar-refractivity contribution in [2.24, 2.45) is 0 Å². The number of hydrogen-bond donors (Lipinski definition) is 1. The molecule has 3 rings (SSSR count). The van der Waals surface area contributed by atoms with E-state index < -0.39 is 11.6 Å². The number of benzene rings is 2. The van der Waals surface area contributed by atoms with Gasteiger partial charge in [-0.3, -0.25) is 0 Å². The average molecular weight is 513 g/mol. The molecule has 1 heterocycles. The van der Waals surface area contributed by atoms with Crippen molar-refractivity contribution in [2.45, 2.75) is 90.9 Å². The number of nitrogens with zero attached hydrogens (tertiary/aromatic N) is 1. The predicted molar refractivity (Wildman–Crippen MR) is 147 cm³/mol. The maximum Gasteiger partial charge on any atom is 0.201 e. The fourth-order valence-electron chi connectivity index (χ4n) is 4.44. The minimum absolute atomic E-state index is 0.0511. The van der Waals surface area contributed by atoms with Gasteiger partial charge in [0.15, 0.2) is 11.6 Å². The van der Waals surface area contributed by atoms with Crippen LogP contribution in [0.15, 0.2) is 42.7 Å². The molecule has 1 N–H and O–H groups in total. The van der Waals surface area contributed by atoms with Crippen LogP contribution in [0.3, 0.4) is 0 Å². The summed E-state index contributed by atoms with van der Waals surface area (Å²) in [5, 5.41) is 0. The molecule has 0 spiro atoms. The zero-order valence-corrected chi connectivity index (χ0v) is 22.5. The maximum atomic E-state index is 15.3. The average Bonchev–Trinajstić information content (AvgIpc) is 3.45. The largest absolute Gasteiger partial charge is 0.494 e. The fraction of sp³-hybridized carbons (Fsp3) is 0.516. The van der Waals surface area contributed by atoms with Crippen LogP contribution >= 0.6 is 0 Å². The third-order valence-electron chi connectivity index (χ3n) is 6.60. The van der Waals surface area contributed by atoms with E-state index in [9.17, 15) is 0 Å². The van der Waals surface area contributed by atoms with Gasteiger partial charge in [-0.15, -0.1) is 0 Å². The highest BCUT2D eigenvalue weighted by Crippen LogP contribution is 2.37. The summed E-state index contributed by atoms with van der Waals surface area (Å²) in [5.41, 5.74) is 1.35. The molecule has 0 unspecified atom stereocenters. The number of nitrogens with one attached hydrogen (secondary N) is 1. The molecule has 6 heteroatoms. The number of aromatic amines is 1. The standard InChI is InChI=1S/C31H42F2N2O2/c1-3-5-7-9-11-13-21-36-24-15-16-26(31-34-19-20-35-31)27(23-24)25-17-18-28(30(33)29(25)32)37-22-14-12-10-8-6-4-2/h15-20,23H,3-14,21-22H2,1-2H3,(H,34,35). The molecule has 3 aromatic rings. The number of rotatable bonds is 18. The predicted octanol–water partition coefficient (Wildman–Crippen LogP) is 9.50. The van der Waals surface area contributed by atoms with Gasteiger partial charge in [-0.2, -0.15) is 4.39 Å². The van der Waals surface area contributed by atoms with Gasteiger partial charge in [0.2, 0.25) is 5.82 Å². The van der Waals surface area contributed by atoms with Crippen molar-refractivity contribution in [3.05, 3.63) is 54.4 Å². The van der Waals surface area contributed by atoms with Crippen LogP contribution in [-0.4, -0.2) is 23.2 Å². The number of aromatic nitrogens is 2. The first-order valence-corrected chi connectivity index (χ1v) is 14.0. The Kier molecular flexibility index (Phi) is 12.4. The van der Waals surface area contributed by atoms with Gasteiger partial charge in [0.25, 0.3) is 0 Å². The number of H-pyrrole nitrogens is 1. The second-order valence-electron chi connectivity index (χ2n) is 9.62. The molecular weight excluding hydrogens is 470 g/mol. The third-order valence-corrected chi connectivity index (χ3v) is 6.60. The van der Waals surface area contributed by atoms with Crippen LogP contribution in [0.4, 0.5) is 8.78 Å². The molecule has 1 aromatic heterocycles. The van der Waals surface area contributed by atoms with Gasteiger partial charge in [-0.25, -0.2) is 9.37 Å². The molecule has 4 nitrogen and oxygen atoms in total. The Hall–Kier alpha value is -2.89. The van der Waals surface area contributed by atoms with E-state index in [1.165, 1.54) is 51.0 Å². The first-order valence-electron chi connectivity index (χ1n) is 14.0. The number of unbranched alkanes of at least 4 members (excludes halogenated alkanes) is 10. The molecule has 0 saturated heterocycles. The second-order valence-corrected chi connectivity index (χ2v) is 9.62. The van der Waals surface area contributed by atoms with Gasteiger partial charge in [0.1, 0.15) is 11.6 Å². The number of halogens is 2. The number of ether oxygens (including phenoxy) is 2. The highest BCUT2D eigenvalue weighted by Gasteiger charge is 2.20. The molecule has 0 radical (unpaired) electrons. The minimum Gasteiger partial charge on any atom is -0.494 e. The van der Waals surface area contributed by atoms with Crippen molar-refractivity contribution in [3.63, 3.8) is 0 Å². The van der Waals surface area contributed by atoms with Crippen molar-refractivity contribution in [1.82, 2.24) is 9.97 Å². The molecule has 0 aliphatic heterocycles. The molecular formula is C31H42F2N2O2. The van der Waals surface area contributed by atoms with Crippen LogP contribution in [0.5, 0.6) is 11.5 Å². The lowest BCUT2D eigenvalue weighted by molar-refractivity contribution is 0.285. The SMILES string of the molecule is CCCCCCCCOc1ccc(-c2ncc[nH]2)c(-c2ccc(OCCCCCCCC)c(F)c2F)c1. The van der Waals surface area contributed by atoms with Crippen LogP contribution in [-0.2, 0) is 0 Å². The summed E-state index contributed by atoms with van der Waals surface area (Å²) in [6, 6.07) is 8.55. The lowest BCUT2D eigenvalue weighted by atomic mass is 9.98. The number of imidazole rings is 1. The summed E-state index contributed by atoms with van der Waals surface area (Å²) in [5.74, 6) is -0.735. The van der Waals surface area contributed by atoms with Crippen molar-refractivity contribution in [3.8, 4) is 34.0 Å². The van der Waals surface area contributed by atoms with Crippen LogP contribution in [0.25, 0.3) is 22.5 Å². The van der Waals surface area contributed by atoms with E-state index in [1.807, 2.05) is 12.1 Å². The van der Waals surface area contributed by atoms with Crippen LogP contribution in [0.1, 0.15) is 90.9 Å². The third kappa shape index (κ3) is 8.87. The fourth-order valence-corrected chi connectivity index (χ4v) is 4.44. The first-order chi connectivity index (χ1) is 18.2. The van der Waals surface area contributed by atoms with E-state index in [0.29, 0.717) is 35.9 Å².